The van der Waals surface area contributed by atoms with Crippen LogP contribution in [0.2, 0.25) is 0 Å². The Kier molecular flexibility index (Phi) is 6.82. The van der Waals surface area contributed by atoms with Crippen molar-refractivity contribution in [3.63, 3.8) is 0 Å². The molecule has 1 N–H and O–H groups in total. The molecule has 0 aliphatic carbocycles. The Balaban J connectivity index is 1.75. The molecule has 0 spiro atoms. The third kappa shape index (κ3) is 4.87. The molecule has 0 fully saturated rings. The lowest BCUT2D eigenvalue weighted by atomic mass is 10.1. The first-order valence-corrected chi connectivity index (χ1v) is 12.3. The van der Waals surface area contributed by atoms with Crippen LogP contribution in [-0.4, -0.2) is 25.8 Å². The number of rotatable bonds is 8. The normalized spacial score (nSPS) is 11.5. The predicted octanol–water partition coefficient (Wildman–Crippen LogP) is 6.97. The van der Waals surface area contributed by atoms with E-state index >= 15 is 0 Å². The number of hydrogen-bond donors (Lipinski definition) is 1. The van der Waals surface area contributed by atoms with E-state index in [1.165, 1.54) is 0 Å². The predicted molar refractivity (Wildman–Crippen MR) is 142 cm³/mol. The molecule has 0 unspecified atom stereocenters. The van der Waals surface area contributed by atoms with Crippen LogP contribution in [0.1, 0.15) is 18.4 Å². The van der Waals surface area contributed by atoms with Crippen LogP contribution in [-0.2, 0) is 11.2 Å². The summed E-state index contributed by atoms with van der Waals surface area (Å²) in [6.07, 6.45) is 2.26. The van der Waals surface area contributed by atoms with Gasteiger partial charge in [0.2, 0.25) is 5.89 Å². The quantitative estimate of drug-likeness (QED) is 0.186. The first kappa shape index (κ1) is 23.4. The molecule has 2 heterocycles. The molecular formula is C29H23N3O3S. The number of carbonyl (C=O) groups is 1. The summed E-state index contributed by atoms with van der Waals surface area (Å²) in [4.78, 5) is 12.4. The fourth-order valence-electron chi connectivity index (χ4n) is 3.99. The minimum absolute atomic E-state index is 0.0864. The van der Waals surface area contributed by atoms with Crippen LogP contribution in [0, 0.1) is 0 Å². The van der Waals surface area contributed by atoms with Crippen molar-refractivity contribution in [3.05, 3.63) is 113 Å². The van der Waals surface area contributed by atoms with Crippen molar-refractivity contribution in [3.8, 4) is 28.2 Å². The van der Waals surface area contributed by atoms with E-state index in [9.17, 15) is 9.90 Å². The number of carboxylic acid groups (broad SMARTS) is 1. The second-order valence-corrected chi connectivity index (χ2v) is 8.96. The van der Waals surface area contributed by atoms with Gasteiger partial charge >= 0.3 is 5.97 Å². The average molecular weight is 494 g/mol. The summed E-state index contributed by atoms with van der Waals surface area (Å²) >= 11 is 0.951. The zero-order chi connectivity index (χ0) is 24.9. The fraction of sp³-hybridized carbons (Fsp3) is 0.0690. The highest BCUT2D eigenvalue weighted by Crippen LogP contribution is 2.38. The number of carboxylic acids is 1. The maximum atomic E-state index is 12.3. The molecule has 0 amide bonds. The van der Waals surface area contributed by atoms with E-state index in [1.807, 2.05) is 91.9 Å². The van der Waals surface area contributed by atoms with Gasteiger partial charge in [-0.3, -0.25) is 0 Å². The zero-order valence-corrected chi connectivity index (χ0v) is 20.4. The van der Waals surface area contributed by atoms with Crippen LogP contribution >= 0.6 is 11.8 Å². The second kappa shape index (κ2) is 10.5. The van der Waals surface area contributed by atoms with E-state index in [0.717, 1.165) is 45.5 Å². The lowest BCUT2D eigenvalue weighted by Crippen LogP contribution is -2.00. The van der Waals surface area contributed by atoms with Gasteiger partial charge in [0.25, 0.3) is 5.22 Å². The van der Waals surface area contributed by atoms with E-state index in [4.69, 9.17) is 4.42 Å². The average Bonchev–Trinajstić information content (AvgIpc) is 3.54. The topological polar surface area (TPSA) is 81.2 Å². The molecule has 0 bridgehead atoms. The van der Waals surface area contributed by atoms with Crippen LogP contribution in [0.25, 0.3) is 34.3 Å². The van der Waals surface area contributed by atoms with Gasteiger partial charge in [-0.25, -0.2) is 4.79 Å². The molecule has 5 rings (SSSR count). The minimum Gasteiger partial charge on any atom is -0.477 e. The largest absolute Gasteiger partial charge is 0.477 e. The first-order valence-electron chi connectivity index (χ1n) is 11.5. The summed E-state index contributed by atoms with van der Waals surface area (Å²) in [5.41, 5.74) is 5.57. The number of hydrogen-bond acceptors (Lipinski definition) is 5. The maximum Gasteiger partial charge on any atom is 0.342 e. The summed E-state index contributed by atoms with van der Waals surface area (Å²) in [6.45, 7) is 1.90. The molecule has 5 aromatic rings. The van der Waals surface area contributed by atoms with Gasteiger partial charge in [-0.05, 0) is 47.2 Å². The summed E-state index contributed by atoms with van der Waals surface area (Å²) in [5.74, 6) is -0.599. The Labute approximate surface area is 212 Å². The van der Waals surface area contributed by atoms with Gasteiger partial charge in [0.1, 0.15) is 4.91 Å². The number of nitrogens with zero attached hydrogens (tertiary/aromatic N) is 3. The van der Waals surface area contributed by atoms with E-state index in [-0.39, 0.29) is 10.1 Å². The van der Waals surface area contributed by atoms with Gasteiger partial charge in [-0.1, -0.05) is 85.8 Å². The van der Waals surface area contributed by atoms with E-state index in [0.29, 0.717) is 12.3 Å². The van der Waals surface area contributed by atoms with Crippen LogP contribution in [0.4, 0.5) is 0 Å². The Morgan fingerprint density at radius 1 is 0.917 bits per heavy atom. The van der Waals surface area contributed by atoms with Crippen LogP contribution in [0.15, 0.2) is 112 Å². The molecule has 2 aromatic heterocycles. The smallest absolute Gasteiger partial charge is 0.342 e. The van der Waals surface area contributed by atoms with E-state index in [2.05, 4.69) is 26.9 Å². The highest BCUT2D eigenvalue weighted by Gasteiger charge is 2.21. The number of aromatic nitrogens is 3. The lowest BCUT2D eigenvalue weighted by molar-refractivity contribution is -0.131. The van der Waals surface area contributed by atoms with Gasteiger partial charge in [-0.2, -0.15) is 0 Å². The molecular weight excluding hydrogens is 470 g/mol. The van der Waals surface area contributed by atoms with Gasteiger partial charge in [0.05, 0.1) is 11.4 Å². The van der Waals surface area contributed by atoms with E-state index in [1.54, 1.807) is 6.08 Å². The molecule has 0 radical (unpaired) electrons. The highest BCUT2D eigenvalue weighted by molar-refractivity contribution is 8.03. The molecule has 6 nitrogen and oxygen atoms in total. The monoisotopic (exact) mass is 493 g/mol. The maximum absolute atomic E-state index is 12.3. The summed E-state index contributed by atoms with van der Waals surface area (Å²) < 4.78 is 7.73. The Bertz CT molecular complexity index is 1510. The SMILES string of the molecule is CCc1nnc(S/C(=C\c2cc(-c3ccccc3)n(-c3ccccc3)c2-c2ccccc2)C(=O)O)o1. The molecule has 178 valence electrons. The Morgan fingerprint density at radius 2 is 1.53 bits per heavy atom. The molecule has 3 aromatic carbocycles. The number of aliphatic carboxylic acids is 1. The van der Waals surface area contributed by atoms with Gasteiger partial charge in [-0.15, -0.1) is 10.2 Å². The first-order chi connectivity index (χ1) is 17.6. The summed E-state index contributed by atoms with van der Waals surface area (Å²) in [5, 5.41) is 18.2. The Hall–Kier alpha value is -4.36. The van der Waals surface area contributed by atoms with Gasteiger partial charge in [0.15, 0.2) is 0 Å². The fourth-order valence-corrected chi connectivity index (χ4v) is 4.67. The molecule has 0 aliphatic heterocycles. The molecule has 0 aliphatic rings. The number of aryl methyl sites for hydroxylation is 1. The molecule has 7 heteroatoms. The van der Waals surface area contributed by atoms with Crippen molar-refractivity contribution in [1.82, 2.24) is 14.8 Å². The minimum atomic E-state index is -1.07. The van der Waals surface area contributed by atoms with Crippen molar-refractivity contribution >= 4 is 23.8 Å². The zero-order valence-electron chi connectivity index (χ0n) is 19.5. The number of para-hydroxylation sites is 1. The van der Waals surface area contributed by atoms with Crippen molar-refractivity contribution in [2.45, 2.75) is 18.6 Å². The van der Waals surface area contributed by atoms with E-state index < -0.39 is 5.97 Å². The number of thioether (sulfide) groups is 1. The van der Waals surface area contributed by atoms with Crippen molar-refractivity contribution in [2.75, 3.05) is 0 Å². The van der Waals surface area contributed by atoms with Crippen molar-refractivity contribution in [1.29, 1.82) is 0 Å². The molecule has 0 saturated carbocycles. The standard InChI is InChI=1S/C29H23N3O3S/c1-2-26-30-31-29(35-26)36-25(28(33)34)19-22-18-24(20-12-6-3-7-13-20)32(23-16-10-5-11-17-23)27(22)21-14-8-4-9-15-21/h3-19H,2H2,1H3,(H,33,34)/b25-19-. The third-order valence-corrected chi connectivity index (χ3v) is 6.46. The highest BCUT2D eigenvalue weighted by atomic mass is 32.2. The number of benzene rings is 3. The third-order valence-electron chi connectivity index (χ3n) is 5.61. The molecule has 0 atom stereocenters. The molecule has 0 saturated heterocycles. The Morgan fingerprint density at radius 3 is 2.11 bits per heavy atom. The van der Waals surface area contributed by atoms with Gasteiger partial charge in [0, 0.05) is 17.7 Å². The lowest BCUT2D eigenvalue weighted by Gasteiger charge is -2.15. The second-order valence-electron chi connectivity index (χ2n) is 7.97. The van der Waals surface area contributed by atoms with Crippen LogP contribution < -0.4 is 0 Å². The summed E-state index contributed by atoms with van der Waals surface area (Å²) in [6, 6.07) is 32.1. The molecule has 36 heavy (non-hydrogen) atoms. The van der Waals surface area contributed by atoms with Crippen molar-refractivity contribution < 1.29 is 14.3 Å². The van der Waals surface area contributed by atoms with Gasteiger partial charge < -0.3 is 14.1 Å². The van der Waals surface area contributed by atoms with Crippen LogP contribution in [0.3, 0.4) is 0 Å². The van der Waals surface area contributed by atoms with Crippen molar-refractivity contribution in [2.24, 2.45) is 0 Å². The van der Waals surface area contributed by atoms with Crippen LogP contribution in [0.5, 0.6) is 0 Å². The summed E-state index contributed by atoms with van der Waals surface area (Å²) in [7, 11) is 0.